The highest BCUT2D eigenvalue weighted by molar-refractivity contribution is 6.04. The highest BCUT2D eigenvalue weighted by Gasteiger charge is 2.17. The van der Waals surface area contributed by atoms with Gasteiger partial charge in [0, 0.05) is 23.5 Å². The highest BCUT2D eigenvalue weighted by Crippen LogP contribution is 2.22. The summed E-state index contributed by atoms with van der Waals surface area (Å²) in [6.45, 7) is 3.66. The van der Waals surface area contributed by atoms with Crippen LogP contribution in [0.1, 0.15) is 24.3 Å². The number of primary amides is 1. The second kappa shape index (κ2) is 6.73. The number of imidazole rings is 1. The Morgan fingerprint density at radius 2 is 2.04 bits per heavy atom. The number of hydrogen-bond donors (Lipinski definition) is 2. The summed E-state index contributed by atoms with van der Waals surface area (Å²) in [6.07, 6.45) is 5.01. The first kappa shape index (κ1) is 16.2. The van der Waals surface area contributed by atoms with Gasteiger partial charge in [0.2, 0.25) is 0 Å². The third kappa shape index (κ3) is 3.20. The molecule has 0 spiro atoms. The van der Waals surface area contributed by atoms with Crippen LogP contribution in [0.2, 0.25) is 0 Å². The van der Waals surface area contributed by atoms with Crippen molar-refractivity contribution in [3.63, 3.8) is 0 Å². The number of benzene rings is 1. The van der Waals surface area contributed by atoms with Crippen LogP contribution >= 0.6 is 0 Å². The van der Waals surface area contributed by atoms with Gasteiger partial charge < -0.3 is 15.4 Å². The number of aromatic nitrogens is 4. The van der Waals surface area contributed by atoms with Crippen molar-refractivity contribution >= 4 is 22.8 Å². The highest BCUT2D eigenvalue weighted by atomic mass is 16.4. The predicted octanol–water partition coefficient (Wildman–Crippen LogP) is 1.43. The second-order valence-electron chi connectivity index (χ2n) is 4.44. The predicted molar refractivity (Wildman–Crippen MR) is 84.4 cm³/mol. The van der Waals surface area contributed by atoms with Crippen LogP contribution in [-0.2, 0) is 11.3 Å². The zero-order valence-electron chi connectivity index (χ0n) is 12.8. The van der Waals surface area contributed by atoms with E-state index in [1.165, 1.54) is 4.68 Å². The van der Waals surface area contributed by atoms with E-state index in [-0.39, 0.29) is 12.2 Å². The van der Waals surface area contributed by atoms with Crippen molar-refractivity contribution in [1.82, 2.24) is 19.3 Å². The summed E-state index contributed by atoms with van der Waals surface area (Å²) in [6, 6.07) is 5.21. The van der Waals surface area contributed by atoms with Crippen LogP contribution in [0.15, 0.2) is 36.9 Å². The number of carbonyl (C=O) groups excluding carboxylic acids is 1. The van der Waals surface area contributed by atoms with E-state index < -0.39 is 11.9 Å². The molecule has 0 unspecified atom stereocenters. The third-order valence-corrected chi connectivity index (χ3v) is 3.06. The lowest BCUT2D eigenvalue weighted by atomic mass is 10.2. The summed E-state index contributed by atoms with van der Waals surface area (Å²) < 4.78 is 3.01. The van der Waals surface area contributed by atoms with E-state index in [4.69, 9.17) is 10.8 Å². The first-order valence-corrected chi connectivity index (χ1v) is 7.07. The van der Waals surface area contributed by atoms with Gasteiger partial charge in [0.15, 0.2) is 5.69 Å². The van der Waals surface area contributed by atoms with Gasteiger partial charge in [-0.25, -0.2) is 4.98 Å². The largest absolute Gasteiger partial charge is 0.480 e. The SMILES string of the molecule is CC.NC(=O)c1nn(CC(=O)O)c2ccc(-n3ccnc3)cc12. The van der Waals surface area contributed by atoms with Gasteiger partial charge in [0.1, 0.15) is 6.54 Å². The van der Waals surface area contributed by atoms with E-state index in [0.717, 1.165) is 5.69 Å². The lowest BCUT2D eigenvalue weighted by Crippen LogP contribution is -2.14. The summed E-state index contributed by atoms with van der Waals surface area (Å²) >= 11 is 0. The normalized spacial score (nSPS) is 10.2. The summed E-state index contributed by atoms with van der Waals surface area (Å²) in [5.41, 5.74) is 6.67. The molecule has 3 N–H and O–H groups in total. The van der Waals surface area contributed by atoms with Crippen LogP contribution in [0.25, 0.3) is 16.6 Å². The van der Waals surface area contributed by atoms with E-state index in [9.17, 15) is 9.59 Å². The van der Waals surface area contributed by atoms with Gasteiger partial charge in [0.05, 0.1) is 11.8 Å². The molecule has 0 saturated carbocycles. The number of aliphatic carboxylic acids is 1. The van der Waals surface area contributed by atoms with Crippen molar-refractivity contribution in [2.24, 2.45) is 5.73 Å². The lowest BCUT2D eigenvalue weighted by molar-refractivity contribution is -0.137. The number of amides is 1. The first-order chi connectivity index (χ1) is 11.1. The van der Waals surface area contributed by atoms with Gasteiger partial charge in [0.25, 0.3) is 5.91 Å². The minimum absolute atomic E-state index is 0.0493. The Balaban J connectivity index is 0.000000924. The van der Waals surface area contributed by atoms with Crippen LogP contribution in [0, 0.1) is 0 Å². The molecule has 0 aliphatic heterocycles. The van der Waals surface area contributed by atoms with Crippen LogP contribution in [-0.4, -0.2) is 36.3 Å². The maximum atomic E-state index is 11.5. The maximum Gasteiger partial charge on any atom is 0.325 e. The molecule has 3 rings (SSSR count). The van der Waals surface area contributed by atoms with E-state index in [1.54, 1.807) is 41.5 Å². The van der Waals surface area contributed by atoms with Crippen LogP contribution < -0.4 is 5.73 Å². The molecule has 0 bridgehead atoms. The Morgan fingerprint density at radius 3 is 2.61 bits per heavy atom. The Hall–Kier alpha value is -3.16. The number of rotatable bonds is 4. The zero-order valence-corrected chi connectivity index (χ0v) is 12.8. The monoisotopic (exact) mass is 315 g/mol. The molecule has 0 radical (unpaired) electrons. The molecule has 0 saturated heterocycles. The molecule has 3 aromatic rings. The van der Waals surface area contributed by atoms with Crippen molar-refractivity contribution in [2.45, 2.75) is 20.4 Å². The molecule has 2 heterocycles. The van der Waals surface area contributed by atoms with E-state index in [1.807, 2.05) is 13.8 Å². The molecule has 0 aliphatic rings. The fourth-order valence-electron chi connectivity index (χ4n) is 2.17. The van der Waals surface area contributed by atoms with Crippen LogP contribution in [0.4, 0.5) is 0 Å². The molecule has 0 aliphatic carbocycles. The van der Waals surface area contributed by atoms with Crippen molar-refractivity contribution in [3.05, 3.63) is 42.6 Å². The number of carboxylic acids is 1. The summed E-state index contributed by atoms with van der Waals surface area (Å²) in [5.74, 6) is -1.75. The second-order valence-corrected chi connectivity index (χ2v) is 4.44. The smallest absolute Gasteiger partial charge is 0.325 e. The molecule has 0 fully saturated rings. The Kier molecular flexibility index (Phi) is 4.75. The molecule has 2 aromatic heterocycles. The Labute approximate surface area is 132 Å². The van der Waals surface area contributed by atoms with Crippen molar-refractivity contribution in [3.8, 4) is 5.69 Å². The summed E-state index contributed by atoms with van der Waals surface area (Å²) in [7, 11) is 0. The Bertz CT molecular complexity index is 836. The third-order valence-electron chi connectivity index (χ3n) is 3.06. The quantitative estimate of drug-likeness (QED) is 0.755. The molecule has 8 heteroatoms. The molecule has 0 atom stereocenters. The number of nitrogens with two attached hydrogens (primary N) is 1. The minimum Gasteiger partial charge on any atom is -0.480 e. The molecule has 8 nitrogen and oxygen atoms in total. The number of hydrogen-bond acceptors (Lipinski definition) is 4. The number of carbonyl (C=O) groups is 2. The number of carboxylic acid groups (broad SMARTS) is 1. The minimum atomic E-state index is -1.05. The van der Waals surface area contributed by atoms with E-state index >= 15 is 0 Å². The van der Waals surface area contributed by atoms with Gasteiger partial charge in [-0.2, -0.15) is 5.10 Å². The lowest BCUT2D eigenvalue weighted by Gasteiger charge is -2.03. The fraction of sp³-hybridized carbons (Fsp3) is 0.200. The molecular weight excluding hydrogens is 298 g/mol. The summed E-state index contributed by atoms with van der Waals surface area (Å²) in [4.78, 5) is 26.3. The van der Waals surface area contributed by atoms with Crippen molar-refractivity contribution < 1.29 is 14.7 Å². The van der Waals surface area contributed by atoms with Gasteiger partial charge >= 0.3 is 5.97 Å². The maximum absolute atomic E-state index is 11.5. The van der Waals surface area contributed by atoms with E-state index in [0.29, 0.717) is 10.9 Å². The average Bonchev–Trinajstić information content (AvgIpc) is 3.16. The molecule has 1 aromatic carbocycles. The van der Waals surface area contributed by atoms with Crippen LogP contribution in [0.5, 0.6) is 0 Å². The molecule has 23 heavy (non-hydrogen) atoms. The van der Waals surface area contributed by atoms with Gasteiger partial charge in [-0.15, -0.1) is 0 Å². The summed E-state index contributed by atoms with van der Waals surface area (Å²) in [5, 5.41) is 13.4. The average molecular weight is 315 g/mol. The number of nitrogens with zero attached hydrogens (tertiary/aromatic N) is 4. The van der Waals surface area contributed by atoms with Crippen molar-refractivity contribution in [2.75, 3.05) is 0 Å². The fourth-order valence-corrected chi connectivity index (χ4v) is 2.17. The molecular formula is C15H17N5O3. The van der Waals surface area contributed by atoms with E-state index in [2.05, 4.69) is 10.1 Å². The van der Waals surface area contributed by atoms with Gasteiger partial charge in [-0.05, 0) is 18.2 Å². The van der Waals surface area contributed by atoms with Crippen LogP contribution in [0.3, 0.4) is 0 Å². The van der Waals surface area contributed by atoms with Gasteiger partial charge in [-0.3, -0.25) is 14.3 Å². The van der Waals surface area contributed by atoms with Gasteiger partial charge in [-0.1, -0.05) is 13.8 Å². The topological polar surface area (TPSA) is 116 Å². The Morgan fingerprint density at radius 1 is 1.30 bits per heavy atom. The molecule has 1 amide bonds. The zero-order chi connectivity index (χ0) is 17.0. The molecule has 120 valence electrons. The standard InChI is InChI=1S/C13H11N5O3.C2H6/c14-13(21)12-9-5-8(17-4-3-15-7-17)1-2-10(9)18(16-12)6-11(19)20;1-2/h1-5,7H,6H2,(H2,14,21)(H,19,20);1-2H3. The van der Waals surface area contributed by atoms with Crippen molar-refractivity contribution in [1.29, 1.82) is 0 Å². The first-order valence-electron chi connectivity index (χ1n) is 7.07. The number of fused-ring (bicyclic) bond motifs is 1.